The van der Waals surface area contributed by atoms with Crippen molar-refractivity contribution in [3.05, 3.63) is 95.3 Å². The zero-order chi connectivity index (χ0) is 23.9. The molecule has 176 valence electrons. The van der Waals surface area contributed by atoms with Gasteiger partial charge in [0, 0.05) is 63.4 Å². The average Bonchev–Trinajstić information content (AvgIpc) is 2.88. The molecule has 2 heterocycles. The molecule has 1 saturated heterocycles. The van der Waals surface area contributed by atoms with Gasteiger partial charge in [0.2, 0.25) is 5.91 Å². The van der Waals surface area contributed by atoms with E-state index in [4.69, 9.17) is 0 Å². The molecule has 0 saturated carbocycles. The van der Waals surface area contributed by atoms with E-state index in [-0.39, 0.29) is 11.8 Å². The highest BCUT2D eigenvalue weighted by molar-refractivity contribution is 5.98. The third-order valence-corrected chi connectivity index (χ3v) is 6.21. The molecule has 0 spiro atoms. The van der Waals surface area contributed by atoms with E-state index in [1.165, 1.54) is 5.56 Å². The topological polar surface area (TPSA) is 77.6 Å². The number of rotatable bonds is 7. The Morgan fingerprint density at radius 2 is 1.82 bits per heavy atom. The number of nitrogens with one attached hydrogen (secondary N) is 2. The number of anilines is 1. The van der Waals surface area contributed by atoms with Crippen LogP contribution in [0, 0.1) is 6.92 Å². The summed E-state index contributed by atoms with van der Waals surface area (Å²) < 4.78 is 0. The zero-order valence-corrected chi connectivity index (χ0v) is 19.7. The fraction of sp³-hybridized carbons (Fsp3) is 0.296. The maximum Gasteiger partial charge on any atom is 0.254 e. The van der Waals surface area contributed by atoms with Crippen LogP contribution in [0.5, 0.6) is 0 Å². The summed E-state index contributed by atoms with van der Waals surface area (Å²) in [7, 11) is 1.62. The molecule has 0 aliphatic carbocycles. The van der Waals surface area contributed by atoms with Crippen LogP contribution in [0.25, 0.3) is 0 Å². The molecule has 7 heteroatoms. The predicted octanol–water partition coefficient (Wildman–Crippen LogP) is 3.07. The normalized spacial score (nSPS) is 16.2. The number of nitrogens with zero attached hydrogens (tertiary/aromatic N) is 3. The maximum atomic E-state index is 13.5. The van der Waals surface area contributed by atoms with Crippen molar-refractivity contribution in [1.82, 2.24) is 20.1 Å². The Balaban J connectivity index is 1.48. The first kappa shape index (κ1) is 23.4. The molecule has 7 nitrogen and oxygen atoms in total. The first-order chi connectivity index (χ1) is 16.5. The second kappa shape index (κ2) is 10.9. The van der Waals surface area contributed by atoms with Gasteiger partial charge in [-0.1, -0.05) is 42.5 Å². The van der Waals surface area contributed by atoms with Gasteiger partial charge < -0.3 is 15.5 Å². The van der Waals surface area contributed by atoms with Gasteiger partial charge in [-0.3, -0.25) is 19.5 Å². The Bertz CT molecular complexity index is 1120. The third kappa shape index (κ3) is 5.61. The largest absolute Gasteiger partial charge is 0.381 e. The standard InChI is InChI=1S/C27H31N5O2/c1-20-10-11-23(15-24(20)30-17-22-9-6-12-29-16-22)27(34)32-14-13-31(19-25(32)26(33)28-2)18-21-7-4-3-5-8-21/h3-12,15-16,25,30H,13-14,17-19H2,1-2H3,(H,28,33). The number of pyridine rings is 1. The fourth-order valence-corrected chi connectivity index (χ4v) is 4.27. The number of aryl methyl sites for hydroxylation is 1. The van der Waals surface area contributed by atoms with Gasteiger partial charge in [0.1, 0.15) is 6.04 Å². The van der Waals surface area contributed by atoms with Crippen molar-refractivity contribution in [3.63, 3.8) is 0 Å². The van der Waals surface area contributed by atoms with Gasteiger partial charge in [0.25, 0.3) is 5.91 Å². The van der Waals surface area contributed by atoms with Crippen molar-refractivity contribution < 1.29 is 9.59 Å². The average molecular weight is 458 g/mol. The molecular formula is C27H31N5O2. The Kier molecular flexibility index (Phi) is 7.54. The SMILES string of the molecule is CNC(=O)C1CN(Cc2ccccc2)CCN1C(=O)c1ccc(C)c(NCc2cccnc2)c1. The van der Waals surface area contributed by atoms with Crippen LogP contribution >= 0.6 is 0 Å². The van der Waals surface area contributed by atoms with E-state index in [1.54, 1.807) is 18.1 Å². The van der Waals surface area contributed by atoms with Crippen LogP contribution in [0.1, 0.15) is 27.0 Å². The summed E-state index contributed by atoms with van der Waals surface area (Å²) in [6, 6.07) is 19.2. The number of benzene rings is 2. The molecule has 34 heavy (non-hydrogen) atoms. The number of carbonyl (C=O) groups excluding carboxylic acids is 2. The van der Waals surface area contributed by atoms with E-state index in [9.17, 15) is 9.59 Å². The molecular weight excluding hydrogens is 426 g/mol. The molecule has 1 unspecified atom stereocenters. The van der Waals surface area contributed by atoms with Crippen molar-refractivity contribution in [2.45, 2.75) is 26.1 Å². The first-order valence-electron chi connectivity index (χ1n) is 11.6. The van der Waals surface area contributed by atoms with E-state index in [0.29, 0.717) is 31.7 Å². The molecule has 0 bridgehead atoms. The second-order valence-electron chi connectivity index (χ2n) is 8.59. The molecule has 2 amide bonds. The molecule has 1 aromatic heterocycles. The molecule has 0 radical (unpaired) electrons. The van der Waals surface area contributed by atoms with Crippen LogP contribution in [0.15, 0.2) is 73.1 Å². The van der Waals surface area contributed by atoms with Gasteiger partial charge in [-0.2, -0.15) is 0 Å². The number of carbonyl (C=O) groups is 2. The molecule has 3 aromatic rings. The van der Waals surface area contributed by atoms with Crippen LogP contribution < -0.4 is 10.6 Å². The Hall–Kier alpha value is -3.71. The van der Waals surface area contributed by atoms with Gasteiger partial charge in [-0.15, -0.1) is 0 Å². The highest BCUT2D eigenvalue weighted by Crippen LogP contribution is 2.22. The molecule has 1 aliphatic rings. The van der Waals surface area contributed by atoms with E-state index < -0.39 is 6.04 Å². The van der Waals surface area contributed by atoms with Gasteiger partial charge in [0.15, 0.2) is 0 Å². The third-order valence-electron chi connectivity index (χ3n) is 6.21. The minimum atomic E-state index is -0.539. The predicted molar refractivity (Wildman–Crippen MR) is 133 cm³/mol. The quantitative estimate of drug-likeness (QED) is 0.570. The van der Waals surface area contributed by atoms with Crippen molar-refractivity contribution in [2.75, 3.05) is 32.0 Å². The number of aromatic nitrogens is 1. The van der Waals surface area contributed by atoms with E-state index in [0.717, 1.165) is 23.4 Å². The number of hydrogen-bond acceptors (Lipinski definition) is 5. The number of hydrogen-bond donors (Lipinski definition) is 2. The number of amides is 2. The second-order valence-corrected chi connectivity index (χ2v) is 8.59. The molecule has 2 aromatic carbocycles. The fourth-order valence-electron chi connectivity index (χ4n) is 4.27. The zero-order valence-electron chi connectivity index (χ0n) is 19.7. The summed E-state index contributed by atoms with van der Waals surface area (Å²) in [5.41, 5.74) is 4.78. The smallest absolute Gasteiger partial charge is 0.254 e. The molecule has 2 N–H and O–H groups in total. The maximum absolute atomic E-state index is 13.5. The van der Waals surface area contributed by atoms with Crippen LogP contribution in [0.2, 0.25) is 0 Å². The Morgan fingerprint density at radius 3 is 2.56 bits per heavy atom. The summed E-state index contributed by atoms with van der Waals surface area (Å²) in [5, 5.41) is 6.15. The minimum Gasteiger partial charge on any atom is -0.381 e. The minimum absolute atomic E-state index is 0.127. The van der Waals surface area contributed by atoms with Gasteiger partial charge in [-0.05, 0) is 41.8 Å². The van der Waals surface area contributed by atoms with Crippen molar-refractivity contribution in [3.8, 4) is 0 Å². The van der Waals surface area contributed by atoms with Crippen LogP contribution in [0.4, 0.5) is 5.69 Å². The lowest BCUT2D eigenvalue weighted by Gasteiger charge is -2.40. The van der Waals surface area contributed by atoms with E-state index in [1.807, 2.05) is 61.7 Å². The van der Waals surface area contributed by atoms with Crippen LogP contribution in [-0.4, -0.2) is 59.3 Å². The summed E-state index contributed by atoms with van der Waals surface area (Å²) in [6.45, 7) is 5.09. The number of likely N-dealkylation sites (N-methyl/N-ethyl adjacent to an activating group) is 1. The van der Waals surface area contributed by atoms with E-state index >= 15 is 0 Å². The summed E-state index contributed by atoms with van der Waals surface area (Å²) >= 11 is 0. The highest BCUT2D eigenvalue weighted by atomic mass is 16.2. The van der Waals surface area contributed by atoms with Crippen LogP contribution in [-0.2, 0) is 17.9 Å². The van der Waals surface area contributed by atoms with Gasteiger partial charge >= 0.3 is 0 Å². The lowest BCUT2D eigenvalue weighted by molar-refractivity contribution is -0.127. The molecule has 1 fully saturated rings. The van der Waals surface area contributed by atoms with Crippen molar-refractivity contribution in [2.24, 2.45) is 0 Å². The van der Waals surface area contributed by atoms with Crippen LogP contribution in [0.3, 0.4) is 0 Å². The van der Waals surface area contributed by atoms with E-state index in [2.05, 4.69) is 32.7 Å². The molecule has 1 aliphatic heterocycles. The lowest BCUT2D eigenvalue weighted by Crippen LogP contribution is -2.60. The summed E-state index contributed by atoms with van der Waals surface area (Å²) in [5.74, 6) is -0.273. The summed E-state index contributed by atoms with van der Waals surface area (Å²) in [4.78, 5) is 34.3. The Labute approximate surface area is 200 Å². The first-order valence-corrected chi connectivity index (χ1v) is 11.6. The molecule has 1 atom stereocenters. The van der Waals surface area contributed by atoms with Gasteiger partial charge in [-0.25, -0.2) is 0 Å². The van der Waals surface area contributed by atoms with Crippen molar-refractivity contribution >= 4 is 17.5 Å². The summed E-state index contributed by atoms with van der Waals surface area (Å²) in [6.07, 6.45) is 3.57. The number of piperazine rings is 1. The lowest BCUT2D eigenvalue weighted by atomic mass is 10.0. The van der Waals surface area contributed by atoms with Crippen molar-refractivity contribution in [1.29, 1.82) is 0 Å². The molecule has 4 rings (SSSR count). The van der Waals surface area contributed by atoms with Gasteiger partial charge in [0.05, 0.1) is 0 Å². The monoisotopic (exact) mass is 457 g/mol. The highest BCUT2D eigenvalue weighted by Gasteiger charge is 2.35. The Morgan fingerprint density at radius 1 is 1.03 bits per heavy atom.